The quantitative estimate of drug-likeness (QED) is 0.897. The minimum Gasteiger partial charge on any atom is -0.497 e. The lowest BCUT2D eigenvalue weighted by Gasteiger charge is -2.29. The molecule has 0 spiro atoms. The van der Waals surface area contributed by atoms with Crippen LogP contribution in [0.3, 0.4) is 0 Å². The fourth-order valence-electron chi connectivity index (χ4n) is 1.99. The van der Waals surface area contributed by atoms with Crippen molar-refractivity contribution in [1.82, 2.24) is 5.32 Å². The van der Waals surface area contributed by atoms with Gasteiger partial charge in [0.25, 0.3) is 0 Å². The molecule has 1 N–H and O–H groups in total. The SMILES string of the molecule is COc1ccc(OC)c(C2NCCC(C)S2)c1. The van der Waals surface area contributed by atoms with Crippen molar-refractivity contribution >= 4 is 11.8 Å². The highest BCUT2D eigenvalue weighted by molar-refractivity contribution is 8.00. The van der Waals surface area contributed by atoms with Gasteiger partial charge in [0.2, 0.25) is 0 Å². The lowest BCUT2D eigenvalue weighted by atomic mass is 10.1. The molecule has 1 aromatic carbocycles. The van der Waals surface area contributed by atoms with Gasteiger partial charge in [-0.2, -0.15) is 0 Å². The summed E-state index contributed by atoms with van der Waals surface area (Å²) in [6, 6.07) is 5.95. The zero-order valence-electron chi connectivity index (χ0n) is 10.5. The summed E-state index contributed by atoms with van der Waals surface area (Å²) in [5.41, 5.74) is 1.17. The van der Waals surface area contributed by atoms with E-state index >= 15 is 0 Å². The summed E-state index contributed by atoms with van der Waals surface area (Å²) in [4.78, 5) is 0. The Morgan fingerprint density at radius 2 is 2.12 bits per heavy atom. The van der Waals surface area contributed by atoms with Crippen LogP contribution in [0, 0.1) is 0 Å². The number of nitrogens with one attached hydrogen (secondary N) is 1. The Kier molecular flexibility index (Phi) is 4.18. The number of thioether (sulfide) groups is 1. The molecule has 3 nitrogen and oxygen atoms in total. The molecule has 1 heterocycles. The standard InChI is InChI=1S/C13H19NO2S/c1-9-6-7-14-13(17-9)11-8-10(15-2)4-5-12(11)16-3/h4-5,8-9,13-14H,6-7H2,1-3H3. The molecule has 0 amide bonds. The first-order valence-electron chi connectivity index (χ1n) is 5.85. The molecule has 0 aromatic heterocycles. The third kappa shape index (κ3) is 2.87. The second-order valence-corrected chi connectivity index (χ2v) is 5.73. The summed E-state index contributed by atoms with van der Waals surface area (Å²) >= 11 is 1.94. The first-order valence-corrected chi connectivity index (χ1v) is 6.79. The van der Waals surface area contributed by atoms with Crippen LogP contribution in [0.5, 0.6) is 11.5 Å². The van der Waals surface area contributed by atoms with Gasteiger partial charge < -0.3 is 14.8 Å². The topological polar surface area (TPSA) is 30.5 Å². The van der Waals surface area contributed by atoms with E-state index in [0.29, 0.717) is 10.6 Å². The van der Waals surface area contributed by atoms with Crippen molar-refractivity contribution in [1.29, 1.82) is 0 Å². The summed E-state index contributed by atoms with van der Waals surface area (Å²) in [7, 11) is 3.40. The molecule has 1 saturated heterocycles. The second kappa shape index (κ2) is 5.65. The van der Waals surface area contributed by atoms with Gasteiger partial charge in [-0.15, -0.1) is 11.8 Å². The van der Waals surface area contributed by atoms with Crippen molar-refractivity contribution in [2.75, 3.05) is 20.8 Å². The minimum absolute atomic E-state index is 0.295. The molecule has 4 heteroatoms. The summed E-state index contributed by atoms with van der Waals surface area (Å²) in [6.07, 6.45) is 1.22. The lowest BCUT2D eigenvalue weighted by molar-refractivity contribution is 0.396. The molecule has 2 rings (SSSR count). The predicted molar refractivity (Wildman–Crippen MR) is 72.0 cm³/mol. The average molecular weight is 253 g/mol. The Bertz CT molecular complexity index is 384. The van der Waals surface area contributed by atoms with Gasteiger partial charge in [-0.3, -0.25) is 0 Å². The minimum atomic E-state index is 0.295. The van der Waals surface area contributed by atoms with Crippen molar-refractivity contribution in [2.45, 2.75) is 24.0 Å². The molecule has 0 bridgehead atoms. The van der Waals surface area contributed by atoms with Crippen LogP contribution >= 0.6 is 11.8 Å². The zero-order chi connectivity index (χ0) is 12.3. The van der Waals surface area contributed by atoms with Gasteiger partial charge >= 0.3 is 0 Å². The molecule has 2 unspecified atom stereocenters. The van der Waals surface area contributed by atoms with Gasteiger partial charge in [-0.1, -0.05) is 6.92 Å². The fraction of sp³-hybridized carbons (Fsp3) is 0.538. The highest BCUT2D eigenvalue weighted by atomic mass is 32.2. The molecule has 2 atom stereocenters. The molecular formula is C13H19NO2S. The number of hydrogen-bond acceptors (Lipinski definition) is 4. The van der Waals surface area contributed by atoms with E-state index in [1.807, 2.05) is 23.9 Å². The highest BCUT2D eigenvalue weighted by Crippen LogP contribution is 2.39. The van der Waals surface area contributed by atoms with Crippen molar-refractivity contribution in [2.24, 2.45) is 0 Å². The van der Waals surface area contributed by atoms with E-state index in [0.717, 1.165) is 18.0 Å². The van der Waals surface area contributed by atoms with E-state index in [9.17, 15) is 0 Å². The van der Waals surface area contributed by atoms with E-state index in [2.05, 4.69) is 18.3 Å². The van der Waals surface area contributed by atoms with E-state index in [4.69, 9.17) is 9.47 Å². The van der Waals surface area contributed by atoms with Crippen LogP contribution in [0.2, 0.25) is 0 Å². The van der Waals surface area contributed by atoms with E-state index in [1.165, 1.54) is 12.0 Å². The van der Waals surface area contributed by atoms with Crippen LogP contribution in [0.15, 0.2) is 18.2 Å². The van der Waals surface area contributed by atoms with Crippen LogP contribution < -0.4 is 14.8 Å². The Morgan fingerprint density at radius 3 is 2.76 bits per heavy atom. The molecule has 94 valence electrons. The van der Waals surface area contributed by atoms with Crippen molar-refractivity contribution in [3.63, 3.8) is 0 Å². The van der Waals surface area contributed by atoms with Crippen LogP contribution in [-0.4, -0.2) is 26.0 Å². The van der Waals surface area contributed by atoms with Gasteiger partial charge in [-0.25, -0.2) is 0 Å². The van der Waals surface area contributed by atoms with Crippen LogP contribution in [0.25, 0.3) is 0 Å². The monoisotopic (exact) mass is 253 g/mol. The Labute approximate surface area is 107 Å². The fourth-order valence-corrected chi connectivity index (χ4v) is 3.26. The van der Waals surface area contributed by atoms with Gasteiger partial charge in [0.05, 0.1) is 19.6 Å². The van der Waals surface area contributed by atoms with Gasteiger partial charge in [-0.05, 0) is 31.2 Å². The third-order valence-electron chi connectivity index (χ3n) is 2.97. The summed E-state index contributed by atoms with van der Waals surface area (Å²) in [5.74, 6) is 1.80. The molecule has 0 saturated carbocycles. The Balaban J connectivity index is 2.27. The molecule has 0 aliphatic carbocycles. The van der Waals surface area contributed by atoms with Crippen LogP contribution in [-0.2, 0) is 0 Å². The van der Waals surface area contributed by atoms with Gasteiger partial charge in [0.1, 0.15) is 11.5 Å². The molecule has 17 heavy (non-hydrogen) atoms. The van der Waals surface area contributed by atoms with Gasteiger partial charge in [0.15, 0.2) is 0 Å². The maximum atomic E-state index is 5.42. The molecule has 0 radical (unpaired) electrons. The highest BCUT2D eigenvalue weighted by Gasteiger charge is 2.23. The Hall–Kier alpha value is -0.870. The molecule has 1 fully saturated rings. The number of benzene rings is 1. The smallest absolute Gasteiger partial charge is 0.124 e. The molecular weight excluding hydrogens is 234 g/mol. The maximum Gasteiger partial charge on any atom is 0.124 e. The number of hydrogen-bond donors (Lipinski definition) is 1. The normalized spacial score (nSPS) is 24.4. The van der Waals surface area contributed by atoms with Crippen molar-refractivity contribution < 1.29 is 9.47 Å². The largest absolute Gasteiger partial charge is 0.497 e. The summed E-state index contributed by atoms with van der Waals surface area (Å²) < 4.78 is 10.7. The third-order valence-corrected chi connectivity index (χ3v) is 4.36. The lowest BCUT2D eigenvalue weighted by Crippen LogP contribution is -2.29. The number of rotatable bonds is 3. The summed E-state index contributed by atoms with van der Waals surface area (Å²) in [5, 5.41) is 4.49. The van der Waals surface area contributed by atoms with Crippen LogP contribution in [0.4, 0.5) is 0 Å². The van der Waals surface area contributed by atoms with E-state index < -0.39 is 0 Å². The first-order chi connectivity index (χ1) is 8.24. The van der Waals surface area contributed by atoms with Crippen molar-refractivity contribution in [3.8, 4) is 11.5 Å². The second-order valence-electron chi connectivity index (χ2n) is 4.18. The average Bonchev–Trinajstić information content (AvgIpc) is 2.38. The van der Waals surface area contributed by atoms with E-state index in [1.54, 1.807) is 14.2 Å². The van der Waals surface area contributed by atoms with Crippen molar-refractivity contribution in [3.05, 3.63) is 23.8 Å². The molecule has 1 aliphatic rings. The first kappa shape index (κ1) is 12.6. The van der Waals surface area contributed by atoms with Crippen LogP contribution in [0.1, 0.15) is 24.3 Å². The van der Waals surface area contributed by atoms with E-state index in [-0.39, 0.29) is 0 Å². The van der Waals surface area contributed by atoms with Gasteiger partial charge in [0, 0.05) is 10.8 Å². The summed E-state index contributed by atoms with van der Waals surface area (Å²) in [6.45, 7) is 3.32. The predicted octanol–water partition coefficient (Wildman–Crippen LogP) is 2.82. The Morgan fingerprint density at radius 1 is 1.29 bits per heavy atom. The number of methoxy groups -OCH3 is 2. The molecule has 1 aliphatic heterocycles. The zero-order valence-corrected chi connectivity index (χ0v) is 11.3. The number of ether oxygens (including phenoxy) is 2. The maximum absolute atomic E-state index is 5.42. The molecule has 1 aromatic rings.